The fraction of sp³-hybridized carbons (Fsp3) is 0.600. The quantitative estimate of drug-likeness (QED) is 0.519. The fourth-order valence-electron chi connectivity index (χ4n) is 1.54. The summed E-state index contributed by atoms with van der Waals surface area (Å²) in [6.45, 7) is 6.83. The lowest BCUT2D eigenvalue weighted by Gasteiger charge is -2.30. The third kappa shape index (κ3) is 1.31. The molecule has 1 atom stereocenters. The molecule has 1 aliphatic rings. The Bertz CT molecular complexity index is 161. The summed E-state index contributed by atoms with van der Waals surface area (Å²) in [5.41, 5.74) is 0.378. The average Bonchev–Trinajstić information content (AvgIpc) is 1.87. The lowest BCUT2D eigenvalue weighted by atomic mass is 9.75. The van der Waals surface area contributed by atoms with Crippen LogP contribution in [0.2, 0.25) is 0 Å². The highest BCUT2D eigenvalue weighted by Gasteiger charge is 2.23. The second-order valence-electron chi connectivity index (χ2n) is 3.58. The van der Waals surface area contributed by atoms with Crippen LogP contribution in [0.4, 0.5) is 0 Å². The van der Waals surface area contributed by atoms with Gasteiger partial charge in [0.25, 0.3) is 0 Å². The summed E-state index contributed by atoms with van der Waals surface area (Å²) in [5.74, 6) is 0.734. The van der Waals surface area contributed by atoms with Crippen molar-refractivity contribution in [2.45, 2.75) is 27.2 Å². The van der Waals surface area contributed by atoms with Crippen molar-refractivity contribution in [3.05, 3.63) is 24.3 Å². The van der Waals surface area contributed by atoms with Crippen LogP contribution in [0.5, 0.6) is 0 Å². The first kappa shape index (κ1) is 7.59. The molecule has 0 saturated heterocycles. The van der Waals surface area contributed by atoms with E-state index in [1.165, 1.54) is 6.42 Å². The molecule has 0 bridgehead atoms. The predicted molar refractivity (Wildman–Crippen MR) is 45.8 cm³/mol. The maximum absolute atomic E-state index is 2.31. The number of allylic oxidation sites excluding steroid dienone is 4. The Morgan fingerprint density at radius 3 is 2.40 bits per heavy atom. The lowest BCUT2D eigenvalue weighted by molar-refractivity contribution is 0.330. The average molecular weight is 136 g/mol. The van der Waals surface area contributed by atoms with E-state index >= 15 is 0 Å². The van der Waals surface area contributed by atoms with E-state index in [4.69, 9.17) is 0 Å². The zero-order valence-corrected chi connectivity index (χ0v) is 7.09. The van der Waals surface area contributed by atoms with Gasteiger partial charge in [-0.3, -0.25) is 0 Å². The first-order chi connectivity index (χ1) is 4.67. The van der Waals surface area contributed by atoms with Crippen molar-refractivity contribution in [3.8, 4) is 0 Å². The Morgan fingerprint density at radius 2 is 2.00 bits per heavy atom. The monoisotopic (exact) mass is 136 g/mol. The van der Waals surface area contributed by atoms with E-state index in [0.29, 0.717) is 5.41 Å². The molecular weight excluding hydrogens is 120 g/mol. The van der Waals surface area contributed by atoms with Crippen LogP contribution in [0.25, 0.3) is 0 Å². The minimum absolute atomic E-state index is 0.378. The van der Waals surface area contributed by atoms with Gasteiger partial charge in [-0.15, -0.1) is 0 Å². The molecule has 0 heterocycles. The van der Waals surface area contributed by atoms with Gasteiger partial charge in [-0.1, -0.05) is 45.1 Å². The predicted octanol–water partition coefficient (Wildman–Crippen LogP) is 3.16. The van der Waals surface area contributed by atoms with Gasteiger partial charge in [0.1, 0.15) is 0 Å². The third-order valence-electron chi connectivity index (χ3n) is 2.38. The van der Waals surface area contributed by atoms with Crippen molar-refractivity contribution in [1.29, 1.82) is 0 Å². The summed E-state index contributed by atoms with van der Waals surface area (Å²) < 4.78 is 0. The molecule has 0 saturated carbocycles. The van der Waals surface area contributed by atoms with Gasteiger partial charge < -0.3 is 0 Å². The first-order valence-corrected chi connectivity index (χ1v) is 4.03. The largest absolute Gasteiger partial charge is 0.0806 e. The number of rotatable bonds is 1. The Labute approximate surface area is 63.6 Å². The highest BCUT2D eigenvalue weighted by atomic mass is 14.3. The molecule has 10 heavy (non-hydrogen) atoms. The molecule has 0 aromatic carbocycles. The summed E-state index contributed by atoms with van der Waals surface area (Å²) in [6, 6.07) is 0. The van der Waals surface area contributed by atoms with Crippen LogP contribution in [-0.4, -0.2) is 0 Å². The molecule has 0 aromatic rings. The third-order valence-corrected chi connectivity index (χ3v) is 2.38. The molecule has 0 heteroatoms. The minimum atomic E-state index is 0.378. The molecule has 0 radical (unpaired) electrons. The van der Waals surface area contributed by atoms with E-state index in [2.05, 4.69) is 45.1 Å². The van der Waals surface area contributed by atoms with E-state index in [0.717, 1.165) is 5.92 Å². The van der Waals surface area contributed by atoms with Gasteiger partial charge >= 0.3 is 0 Å². The molecule has 0 aliphatic heterocycles. The van der Waals surface area contributed by atoms with Crippen molar-refractivity contribution in [2.24, 2.45) is 11.3 Å². The normalized spacial score (nSPS) is 28.9. The summed E-state index contributed by atoms with van der Waals surface area (Å²) in [7, 11) is 0. The molecular formula is C10H16. The molecule has 0 nitrogen and oxygen atoms in total. The van der Waals surface area contributed by atoms with Crippen molar-refractivity contribution in [2.75, 3.05) is 0 Å². The van der Waals surface area contributed by atoms with Crippen LogP contribution < -0.4 is 0 Å². The van der Waals surface area contributed by atoms with Crippen LogP contribution in [0.15, 0.2) is 24.3 Å². The van der Waals surface area contributed by atoms with Crippen molar-refractivity contribution >= 4 is 0 Å². The van der Waals surface area contributed by atoms with Crippen molar-refractivity contribution in [3.63, 3.8) is 0 Å². The summed E-state index contributed by atoms with van der Waals surface area (Å²) in [6.07, 6.45) is 10.1. The summed E-state index contributed by atoms with van der Waals surface area (Å²) >= 11 is 0. The Morgan fingerprint density at radius 1 is 1.30 bits per heavy atom. The van der Waals surface area contributed by atoms with Crippen LogP contribution in [0, 0.1) is 11.3 Å². The molecule has 0 fully saturated rings. The van der Waals surface area contributed by atoms with Crippen molar-refractivity contribution < 1.29 is 0 Å². The topological polar surface area (TPSA) is 0 Å². The van der Waals surface area contributed by atoms with Crippen LogP contribution in [0.1, 0.15) is 27.2 Å². The van der Waals surface area contributed by atoms with E-state index in [1.807, 2.05) is 0 Å². The molecule has 0 amide bonds. The summed E-state index contributed by atoms with van der Waals surface area (Å²) in [5, 5.41) is 0. The zero-order chi connectivity index (χ0) is 7.61. The van der Waals surface area contributed by atoms with Crippen molar-refractivity contribution in [1.82, 2.24) is 0 Å². The van der Waals surface area contributed by atoms with E-state index in [9.17, 15) is 0 Å². The van der Waals surface area contributed by atoms with Gasteiger partial charge in [0.2, 0.25) is 0 Å². The minimum Gasteiger partial charge on any atom is -0.0806 e. The first-order valence-electron chi connectivity index (χ1n) is 4.03. The van der Waals surface area contributed by atoms with Gasteiger partial charge in [-0.25, -0.2) is 0 Å². The maximum atomic E-state index is 2.31. The molecule has 0 aromatic heterocycles. The molecule has 1 aliphatic carbocycles. The highest BCUT2D eigenvalue weighted by Crippen LogP contribution is 2.34. The SMILES string of the molecule is CC[C@@H]1C=CC=CC1(C)C. The van der Waals surface area contributed by atoms with Gasteiger partial charge in [0, 0.05) is 0 Å². The van der Waals surface area contributed by atoms with E-state index in [1.54, 1.807) is 0 Å². The fourth-order valence-corrected chi connectivity index (χ4v) is 1.54. The summed E-state index contributed by atoms with van der Waals surface area (Å²) in [4.78, 5) is 0. The second-order valence-corrected chi connectivity index (χ2v) is 3.58. The number of hydrogen-bond acceptors (Lipinski definition) is 0. The zero-order valence-electron chi connectivity index (χ0n) is 7.09. The molecule has 0 spiro atoms. The second kappa shape index (κ2) is 2.61. The van der Waals surface area contributed by atoms with E-state index < -0.39 is 0 Å². The molecule has 56 valence electrons. The highest BCUT2D eigenvalue weighted by molar-refractivity contribution is 5.17. The van der Waals surface area contributed by atoms with Crippen LogP contribution in [0.3, 0.4) is 0 Å². The molecule has 0 N–H and O–H groups in total. The van der Waals surface area contributed by atoms with Gasteiger partial charge in [0.15, 0.2) is 0 Å². The van der Waals surface area contributed by atoms with E-state index in [-0.39, 0.29) is 0 Å². The lowest BCUT2D eigenvalue weighted by Crippen LogP contribution is -2.20. The maximum Gasteiger partial charge on any atom is -0.0109 e. The Balaban J connectivity index is 2.74. The van der Waals surface area contributed by atoms with Crippen LogP contribution in [-0.2, 0) is 0 Å². The smallest absolute Gasteiger partial charge is 0.0109 e. The molecule has 0 unspecified atom stereocenters. The Kier molecular flexibility index (Phi) is 1.98. The van der Waals surface area contributed by atoms with Gasteiger partial charge in [0.05, 0.1) is 0 Å². The standard InChI is InChI=1S/C10H16/c1-4-9-7-5-6-8-10(9,2)3/h5-9H,4H2,1-3H3/t9-/m1/s1. The Hall–Kier alpha value is -0.520. The number of hydrogen-bond donors (Lipinski definition) is 0. The van der Waals surface area contributed by atoms with Crippen LogP contribution >= 0.6 is 0 Å². The molecule has 1 rings (SSSR count). The van der Waals surface area contributed by atoms with Gasteiger partial charge in [-0.05, 0) is 17.8 Å². The van der Waals surface area contributed by atoms with Gasteiger partial charge in [-0.2, -0.15) is 0 Å².